The first-order valence-corrected chi connectivity index (χ1v) is 2.71. The van der Waals surface area contributed by atoms with Crippen molar-refractivity contribution in [2.24, 2.45) is 0 Å². The highest BCUT2D eigenvalue weighted by atomic mass is 15.1. The molecule has 0 saturated heterocycles. The van der Waals surface area contributed by atoms with Crippen LogP contribution >= 0.6 is 0 Å². The summed E-state index contributed by atoms with van der Waals surface area (Å²) in [6, 6.07) is 0. The van der Waals surface area contributed by atoms with Crippen LogP contribution in [0.15, 0.2) is 24.0 Å². The summed E-state index contributed by atoms with van der Waals surface area (Å²) in [5.41, 5.74) is 1.36. The summed E-state index contributed by atoms with van der Waals surface area (Å²) < 4.78 is 0. The fourth-order valence-electron chi connectivity index (χ4n) is 0.718. The van der Waals surface area contributed by atoms with E-state index in [9.17, 15) is 0 Å². The first-order valence-electron chi connectivity index (χ1n) is 2.71. The van der Waals surface area contributed by atoms with Crippen LogP contribution in [-0.4, -0.2) is 7.05 Å². The van der Waals surface area contributed by atoms with Gasteiger partial charge in [-0.1, -0.05) is 0 Å². The Bertz CT molecular complexity index is 154. The van der Waals surface area contributed by atoms with Crippen molar-refractivity contribution in [3.8, 4) is 0 Å². The van der Waals surface area contributed by atoms with E-state index in [0.29, 0.717) is 0 Å². The highest BCUT2D eigenvalue weighted by Gasteiger charge is 1.98. The SMILES string of the molecule is CC1=C[NH+](C)C=C1.[C-]#N. The van der Waals surface area contributed by atoms with Crippen molar-refractivity contribution in [3.63, 3.8) is 0 Å². The molecule has 0 saturated carbocycles. The molecule has 0 spiro atoms. The summed E-state index contributed by atoms with van der Waals surface area (Å²) in [5.74, 6) is 0. The molecule has 2 heteroatoms. The van der Waals surface area contributed by atoms with E-state index in [2.05, 4.69) is 32.4 Å². The molecule has 0 aromatic rings. The van der Waals surface area contributed by atoms with Gasteiger partial charge in [-0.3, -0.25) is 4.90 Å². The highest BCUT2D eigenvalue weighted by molar-refractivity contribution is 5.14. The summed E-state index contributed by atoms with van der Waals surface area (Å²) in [5, 5.41) is 6.25. The van der Waals surface area contributed by atoms with Crippen molar-refractivity contribution < 1.29 is 4.90 Å². The third-order valence-electron chi connectivity index (χ3n) is 1.06. The second kappa shape index (κ2) is 3.88. The Kier molecular flexibility index (Phi) is 3.41. The topological polar surface area (TPSA) is 28.2 Å². The standard InChI is InChI=1S/C6H9N.CN/c1-6-3-4-7(2)5-6;1-2/h3-5H,1-2H3;/q;-1/p+1. The van der Waals surface area contributed by atoms with Crippen LogP contribution in [0.25, 0.3) is 0 Å². The zero-order valence-corrected chi connectivity index (χ0v) is 5.68. The van der Waals surface area contributed by atoms with Gasteiger partial charge in [0.1, 0.15) is 6.20 Å². The number of allylic oxidation sites excluding steroid dienone is 2. The molecule has 2 nitrogen and oxygen atoms in total. The summed E-state index contributed by atoms with van der Waals surface area (Å²) in [7, 11) is 2.10. The zero-order valence-electron chi connectivity index (χ0n) is 5.68. The number of hydrogen-bond acceptors (Lipinski definition) is 1. The predicted molar refractivity (Wildman–Crippen MR) is 34.8 cm³/mol. The highest BCUT2D eigenvalue weighted by Crippen LogP contribution is 1.91. The minimum atomic E-state index is 1.36. The molecular weight excluding hydrogens is 112 g/mol. The average Bonchev–Trinajstić information content (AvgIpc) is 2.20. The molecule has 0 aliphatic carbocycles. The number of hydrogen-bond donors (Lipinski definition) is 1. The summed E-state index contributed by atoms with van der Waals surface area (Å²) >= 11 is 0. The normalized spacial score (nSPS) is 22.2. The number of quaternary nitrogens is 1. The summed E-state index contributed by atoms with van der Waals surface area (Å²) in [4.78, 5) is 1.36. The van der Waals surface area contributed by atoms with Crippen molar-refractivity contribution in [1.82, 2.24) is 0 Å². The van der Waals surface area contributed by atoms with Crippen LogP contribution in [-0.2, 0) is 0 Å². The zero-order chi connectivity index (χ0) is 7.28. The Hall–Kier alpha value is -1.07. The molecule has 1 atom stereocenters. The molecule has 0 aromatic heterocycles. The Balaban J connectivity index is 0.000000291. The first kappa shape index (κ1) is 7.93. The quantitative estimate of drug-likeness (QED) is 0.451. The molecule has 48 valence electrons. The number of nitrogens with one attached hydrogen (secondary N) is 1. The van der Waals surface area contributed by atoms with E-state index in [1.165, 1.54) is 10.5 Å². The van der Waals surface area contributed by atoms with Gasteiger partial charge in [0.25, 0.3) is 0 Å². The van der Waals surface area contributed by atoms with Gasteiger partial charge in [0, 0.05) is 5.57 Å². The predicted octanol–water partition coefficient (Wildman–Crippen LogP) is 0.0286. The van der Waals surface area contributed by atoms with Gasteiger partial charge in [-0.2, -0.15) is 0 Å². The fourth-order valence-corrected chi connectivity index (χ4v) is 0.718. The fraction of sp³-hybridized carbons (Fsp3) is 0.286. The van der Waals surface area contributed by atoms with Crippen molar-refractivity contribution in [3.05, 3.63) is 30.6 Å². The van der Waals surface area contributed by atoms with Gasteiger partial charge in [0.2, 0.25) is 0 Å². The Labute approximate surface area is 55.7 Å². The molecule has 1 unspecified atom stereocenters. The lowest BCUT2D eigenvalue weighted by atomic mass is 10.4. The molecule has 1 rings (SSSR count). The molecule has 0 fully saturated rings. The maximum atomic E-state index is 6.25. The number of nitrogens with zero attached hydrogens (tertiary/aromatic N) is 1. The van der Waals surface area contributed by atoms with E-state index in [0.717, 1.165) is 0 Å². The van der Waals surface area contributed by atoms with Crippen LogP contribution in [0.2, 0.25) is 0 Å². The van der Waals surface area contributed by atoms with E-state index >= 15 is 0 Å². The van der Waals surface area contributed by atoms with Gasteiger partial charge in [-0.25, -0.2) is 0 Å². The molecule has 1 heterocycles. The average molecular weight is 122 g/mol. The van der Waals surface area contributed by atoms with Crippen LogP contribution in [0.1, 0.15) is 6.92 Å². The first-order chi connectivity index (χ1) is 4.29. The lowest BCUT2D eigenvalue weighted by molar-refractivity contribution is -0.763. The molecule has 1 N–H and O–H groups in total. The summed E-state index contributed by atoms with van der Waals surface area (Å²) in [6.07, 6.45) is 6.41. The van der Waals surface area contributed by atoms with Crippen LogP contribution in [0.4, 0.5) is 0 Å². The second-order valence-electron chi connectivity index (χ2n) is 1.97. The monoisotopic (exact) mass is 122 g/mol. The second-order valence-corrected chi connectivity index (χ2v) is 1.97. The molecule has 0 radical (unpaired) electrons. The molecule has 1 aliphatic heterocycles. The van der Waals surface area contributed by atoms with E-state index in [1.807, 2.05) is 0 Å². The third-order valence-corrected chi connectivity index (χ3v) is 1.06. The van der Waals surface area contributed by atoms with Crippen LogP contribution < -0.4 is 4.90 Å². The van der Waals surface area contributed by atoms with Crippen molar-refractivity contribution >= 4 is 0 Å². The summed E-state index contributed by atoms with van der Waals surface area (Å²) in [6.45, 7) is 6.85. The Morgan fingerprint density at radius 1 is 1.56 bits per heavy atom. The molecular formula is C7H10N2. The number of rotatable bonds is 0. The maximum absolute atomic E-state index is 6.25. The Morgan fingerprint density at radius 3 is 2.22 bits per heavy atom. The molecule has 1 aliphatic rings. The molecule has 0 aromatic carbocycles. The van der Waals surface area contributed by atoms with E-state index in [4.69, 9.17) is 11.8 Å². The minimum absolute atomic E-state index is 1.36. The molecule has 9 heavy (non-hydrogen) atoms. The van der Waals surface area contributed by atoms with E-state index in [-0.39, 0.29) is 0 Å². The van der Waals surface area contributed by atoms with Crippen LogP contribution in [0, 0.1) is 11.8 Å². The van der Waals surface area contributed by atoms with Crippen molar-refractivity contribution in [1.29, 1.82) is 5.26 Å². The van der Waals surface area contributed by atoms with Gasteiger partial charge in [0.05, 0.1) is 13.2 Å². The lowest BCUT2D eigenvalue weighted by Crippen LogP contribution is -2.98. The van der Waals surface area contributed by atoms with Crippen molar-refractivity contribution in [2.75, 3.05) is 7.05 Å². The van der Waals surface area contributed by atoms with E-state index in [1.54, 1.807) is 0 Å². The smallest absolute Gasteiger partial charge is 0.102 e. The molecule has 0 bridgehead atoms. The van der Waals surface area contributed by atoms with Crippen LogP contribution in [0.3, 0.4) is 0 Å². The van der Waals surface area contributed by atoms with Gasteiger partial charge in [0.15, 0.2) is 0 Å². The van der Waals surface area contributed by atoms with Crippen molar-refractivity contribution in [2.45, 2.75) is 6.92 Å². The van der Waals surface area contributed by atoms with Gasteiger partial charge >= 0.3 is 0 Å². The Morgan fingerprint density at radius 2 is 2.11 bits per heavy atom. The minimum Gasteiger partial charge on any atom is -0.512 e. The largest absolute Gasteiger partial charge is 0.512 e. The third kappa shape index (κ3) is 2.68. The van der Waals surface area contributed by atoms with Crippen LogP contribution in [0.5, 0.6) is 0 Å². The molecule has 0 amide bonds. The van der Waals surface area contributed by atoms with Gasteiger partial charge < -0.3 is 11.8 Å². The lowest BCUT2D eigenvalue weighted by Gasteiger charge is -1.90. The van der Waals surface area contributed by atoms with E-state index < -0.39 is 0 Å². The van der Waals surface area contributed by atoms with Gasteiger partial charge in [-0.15, -0.1) is 0 Å². The maximum Gasteiger partial charge on any atom is 0.102 e. The van der Waals surface area contributed by atoms with Gasteiger partial charge in [-0.05, 0) is 13.0 Å².